The van der Waals surface area contributed by atoms with Gasteiger partial charge in [0.1, 0.15) is 6.79 Å². The Morgan fingerprint density at radius 1 is 0.933 bits per heavy atom. The van der Waals surface area contributed by atoms with E-state index in [9.17, 15) is 0 Å². The third-order valence-electron chi connectivity index (χ3n) is 5.37. The summed E-state index contributed by atoms with van der Waals surface area (Å²) in [7, 11) is -0.886. The standard InChI is InChI=1S/C26H38O3Si/c1-22(2)14-13-15-23(28-21-27-6)20-29-30(26(3,4)5,24-16-9-7-10-17-24)25-18-11-8-12-19-25/h7-12,14,16-19,23H,13,15,20-21H2,1-6H3/t23-/m0/s1. The third-order valence-corrected chi connectivity index (χ3v) is 10.4. The molecule has 0 heterocycles. The molecule has 0 bridgehead atoms. The SMILES string of the molecule is COCO[C@@H](CCC=C(C)C)CO[Si](c1ccccc1)(c1ccccc1)C(C)(C)C. The number of methoxy groups -OCH3 is 1. The van der Waals surface area contributed by atoms with Crippen LogP contribution in [-0.4, -0.2) is 34.9 Å². The molecule has 2 rings (SSSR count). The van der Waals surface area contributed by atoms with Gasteiger partial charge in [0.05, 0.1) is 12.7 Å². The zero-order chi connectivity index (χ0) is 22.0. The highest BCUT2D eigenvalue weighted by atomic mass is 28.4. The van der Waals surface area contributed by atoms with Crippen LogP contribution >= 0.6 is 0 Å². The molecule has 0 aliphatic rings. The molecule has 0 saturated heterocycles. The van der Waals surface area contributed by atoms with Gasteiger partial charge in [-0.05, 0) is 42.1 Å². The highest BCUT2D eigenvalue weighted by Crippen LogP contribution is 2.37. The van der Waals surface area contributed by atoms with Crippen LogP contribution in [0, 0.1) is 0 Å². The van der Waals surface area contributed by atoms with E-state index < -0.39 is 8.32 Å². The second-order valence-corrected chi connectivity index (χ2v) is 13.3. The lowest BCUT2D eigenvalue weighted by Gasteiger charge is -2.43. The lowest BCUT2D eigenvalue weighted by molar-refractivity contribution is -0.0867. The third kappa shape index (κ3) is 6.39. The fourth-order valence-corrected chi connectivity index (χ4v) is 8.51. The number of allylic oxidation sites excluding steroid dienone is 2. The van der Waals surface area contributed by atoms with Crippen LogP contribution in [0.5, 0.6) is 0 Å². The molecule has 0 saturated carbocycles. The molecule has 0 unspecified atom stereocenters. The first kappa shape index (κ1) is 24.5. The van der Waals surface area contributed by atoms with E-state index in [1.54, 1.807) is 7.11 Å². The van der Waals surface area contributed by atoms with Gasteiger partial charge in [0.2, 0.25) is 0 Å². The van der Waals surface area contributed by atoms with Crippen LogP contribution in [0.1, 0.15) is 47.5 Å². The van der Waals surface area contributed by atoms with E-state index in [-0.39, 0.29) is 17.9 Å². The summed E-state index contributed by atoms with van der Waals surface area (Å²) < 4.78 is 18.2. The molecule has 3 nitrogen and oxygen atoms in total. The van der Waals surface area contributed by atoms with Crippen LogP contribution in [0.4, 0.5) is 0 Å². The molecule has 0 amide bonds. The molecule has 0 aliphatic carbocycles. The van der Waals surface area contributed by atoms with Gasteiger partial charge in [0.15, 0.2) is 0 Å². The van der Waals surface area contributed by atoms with E-state index in [1.807, 2.05) is 0 Å². The van der Waals surface area contributed by atoms with Crippen LogP contribution in [0.15, 0.2) is 72.3 Å². The quantitative estimate of drug-likeness (QED) is 0.277. The zero-order valence-electron chi connectivity index (χ0n) is 19.5. The van der Waals surface area contributed by atoms with E-state index in [0.29, 0.717) is 6.61 Å². The maximum atomic E-state index is 7.02. The van der Waals surface area contributed by atoms with Crippen LogP contribution in [0.2, 0.25) is 5.04 Å². The minimum Gasteiger partial charge on any atom is -0.405 e. The van der Waals surface area contributed by atoms with Crippen molar-refractivity contribution < 1.29 is 13.9 Å². The Labute approximate surface area is 184 Å². The summed E-state index contributed by atoms with van der Waals surface area (Å²) in [5.41, 5.74) is 1.33. The number of rotatable bonds is 11. The Morgan fingerprint density at radius 2 is 1.47 bits per heavy atom. The van der Waals surface area contributed by atoms with E-state index in [4.69, 9.17) is 13.9 Å². The molecule has 1 atom stereocenters. The van der Waals surface area contributed by atoms with Gasteiger partial charge < -0.3 is 13.9 Å². The van der Waals surface area contributed by atoms with Crippen molar-refractivity contribution >= 4 is 18.7 Å². The van der Waals surface area contributed by atoms with Gasteiger partial charge in [-0.1, -0.05) is 93.1 Å². The first-order chi connectivity index (χ1) is 14.3. The summed E-state index contributed by atoms with van der Waals surface area (Å²) in [6, 6.07) is 21.5. The van der Waals surface area contributed by atoms with E-state index in [1.165, 1.54) is 15.9 Å². The number of hydrogen-bond acceptors (Lipinski definition) is 3. The first-order valence-corrected chi connectivity index (χ1v) is 12.7. The average molecular weight is 427 g/mol. The second kappa shape index (κ2) is 11.6. The molecule has 0 aliphatic heterocycles. The van der Waals surface area contributed by atoms with Crippen molar-refractivity contribution in [2.24, 2.45) is 0 Å². The summed E-state index contributed by atoms with van der Waals surface area (Å²) in [6.07, 6.45) is 4.13. The molecule has 0 radical (unpaired) electrons. The molecule has 2 aromatic carbocycles. The summed E-state index contributed by atoms with van der Waals surface area (Å²) in [5, 5.41) is 2.54. The Morgan fingerprint density at radius 3 is 1.90 bits per heavy atom. The average Bonchev–Trinajstić information content (AvgIpc) is 2.72. The number of ether oxygens (including phenoxy) is 2. The minimum atomic E-state index is -2.55. The van der Waals surface area contributed by atoms with Gasteiger partial charge >= 0.3 is 0 Å². The second-order valence-electron chi connectivity index (χ2n) is 9.03. The molecule has 2 aromatic rings. The van der Waals surface area contributed by atoms with Gasteiger partial charge in [-0.3, -0.25) is 0 Å². The van der Waals surface area contributed by atoms with Crippen molar-refractivity contribution in [3.05, 3.63) is 72.3 Å². The van der Waals surface area contributed by atoms with E-state index in [0.717, 1.165) is 12.8 Å². The summed E-state index contributed by atoms with van der Waals surface area (Å²) in [5.74, 6) is 0. The fraction of sp³-hybridized carbons (Fsp3) is 0.462. The predicted molar refractivity (Wildman–Crippen MR) is 129 cm³/mol. The highest BCUT2D eigenvalue weighted by molar-refractivity contribution is 6.99. The van der Waals surface area contributed by atoms with Gasteiger partial charge in [0, 0.05) is 7.11 Å². The first-order valence-electron chi connectivity index (χ1n) is 10.8. The fourth-order valence-electron chi connectivity index (χ4n) is 3.92. The molecule has 0 spiro atoms. The van der Waals surface area contributed by atoms with Crippen molar-refractivity contribution in [2.45, 2.75) is 58.6 Å². The topological polar surface area (TPSA) is 27.7 Å². The maximum absolute atomic E-state index is 7.02. The van der Waals surface area contributed by atoms with Crippen molar-refractivity contribution in [3.8, 4) is 0 Å². The summed E-state index contributed by atoms with van der Waals surface area (Å²) in [4.78, 5) is 0. The molecule has 30 heavy (non-hydrogen) atoms. The largest absolute Gasteiger partial charge is 0.405 e. The lowest BCUT2D eigenvalue weighted by Crippen LogP contribution is -2.67. The normalized spacial score (nSPS) is 13.1. The predicted octanol–water partition coefficient (Wildman–Crippen LogP) is 5.30. The van der Waals surface area contributed by atoms with Crippen LogP contribution in [-0.2, 0) is 13.9 Å². The molecular weight excluding hydrogens is 388 g/mol. The molecule has 164 valence electrons. The van der Waals surface area contributed by atoms with Gasteiger partial charge in [-0.15, -0.1) is 0 Å². The molecule has 0 aromatic heterocycles. The van der Waals surface area contributed by atoms with Crippen LogP contribution in [0.3, 0.4) is 0 Å². The Kier molecular flexibility index (Phi) is 9.50. The zero-order valence-corrected chi connectivity index (χ0v) is 20.5. The van der Waals surface area contributed by atoms with Crippen LogP contribution < -0.4 is 10.4 Å². The summed E-state index contributed by atoms with van der Waals surface area (Å²) >= 11 is 0. The van der Waals surface area contributed by atoms with Gasteiger partial charge in [0.25, 0.3) is 8.32 Å². The molecule has 0 fully saturated rings. The smallest absolute Gasteiger partial charge is 0.261 e. The maximum Gasteiger partial charge on any atom is 0.261 e. The van der Waals surface area contributed by atoms with Crippen molar-refractivity contribution in [1.82, 2.24) is 0 Å². The number of benzene rings is 2. The molecule has 4 heteroatoms. The van der Waals surface area contributed by atoms with Crippen molar-refractivity contribution in [3.63, 3.8) is 0 Å². The van der Waals surface area contributed by atoms with Gasteiger partial charge in [-0.2, -0.15) is 0 Å². The monoisotopic (exact) mass is 426 g/mol. The van der Waals surface area contributed by atoms with E-state index in [2.05, 4.69) is 101 Å². The Bertz CT molecular complexity index is 722. The van der Waals surface area contributed by atoms with Crippen molar-refractivity contribution in [2.75, 3.05) is 20.5 Å². The van der Waals surface area contributed by atoms with Crippen molar-refractivity contribution in [1.29, 1.82) is 0 Å². The highest BCUT2D eigenvalue weighted by Gasteiger charge is 2.50. The number of hydrogen-bond donors (Lipinski definition) is 0. The minimum absolute atomic E-state index is 0.0119. The van der Waals surface area contributed by atoms with E-state index >= 15 is 0 Å². The Hall–Kier alpha value is -1.72. The Balaban J connectivity index is 2.39. The molecule has 0 N–H and O–H groups in total. The summed E-state index contributed by atoms with van der Waals surface area (Å²) in [6.45, 7) is 12.0. The molecular formula is C26H38O3Si. The van der Waals surface area contributed by atoms with Gasteiger partial charge in [-0.25, -0.2) is 0 Å². The lowest BCUT2D eigenvalue weighted by atomic mass is 10.1. The van der Waals surface area contributed by atoms with Crippen LogP contribution in [0.25, 0.3) is 0 Å².